The molecule has 0 aliphatic rings. The van der Waals surface area contributed by atoms with Crippen LogP contribution in [-0.2, 0) is 20.2 Å². The first-order valence-electron chi connectivity index (χ1n) is 14.9. The Morgan fingerprint density at radius 1 is 0.462 bits per heavy atom. The number of carbonyl (C=O) groups excluding carboxylic acids is 3. The minimum Gasteiger partial charge on any atom is -0.508 e. The van der Waals surface area contributed by atoms with Crippen LogP contribution in [0.4, 0.5) is 27.5 Å². The maximum atomic E-state index is 13.0. The van der Waals surface area contributed by atoms with E-state index in [2.05, 4.69) is 21.3 Å². The number of fused-ring (bicyclic) bond motifs is 2. The molecule has 6 rings (SSSR count). The summed E-state index contributed by atoms with van der Waals surface area (Å²) in [5.74, 6) is -2.02. The third-order valence-electron chi connectivity index (χ3n) is 7.75. The van der Waals surface area contributed by atoms with E-state index in [-0.39, 0.29) is 44.0 Å². The Labute approximate surface area is 295 Å². The van der Waals surface area contributed by atoms with E-state index in [9.17, 15) is 50.5 Å². The predicted molar refractivity (Wildman–Crippen MR) is 192 cm³/mol. The summed E-state index contributed by atoms with van der Waals surface area (Å²) in [6.45, 7) is 0. The first-order chi connectivity index (χ1) is 24.6. The summed E-state index contributed by atoms with van der Waals surface area (Å²) in [5.41, 5.74) is 1.39. The Bertz CT molecular complexity index is 2460. The van der Waals surface area contributed by atoms with E-state index in [4.69, 9.17) is 0 Å². The number of carbonyl (C=O) groups is 3. The molecule has 15 nitrogen and oxygen atoms in total. The van der Waals surface area contributed by atoms with Crippen LogP contribution in [0, 0.1) is 0 Å². The zero-order valence-corrected chi connectivity index (χ0v) is 28.0. The van der Waals surface area contributed by atoms with Crippen molar-refractivity contribution >= 4 is 82.4 Å². The number of benzene rings is 6. The number of aromatic hydroxyl groups is 2. The minimum atomic E-state index is -4.67. The van der Waals surface area contributed by atoms with Gasteiger partial charge < -0.3 is 31.5 Å². The lowest BCUT2D eigenvalue weighted by Crippen LogP contribution is -2.20. The van der Waals surface area contributed by atoms with Crippen molar-refractivity contribution in [3.63, 3.8) is 0 Å². The Morgan fingerprint density at radius 2 is 0.827 bits per heavy atom. The van der Waals surface area contributed by atoms with Gasteiger partial charge in [-0.25, -0.2) is 4.79 Å². The maximum absolute atomic E-state index is 13.0. The van der Waals surface area contributed by atoms with Crippen LogP contribution >= 0.6 is 0 Å². The highest BCUT2D eigenvalue weighted by Gasteiger charge is 2.20. The molecular formula is C35H26N4O11S2. The number of phenols is 2. The lowest BCUT2D eigenvalue weighted by atomic mass is 10.1. The predicted octanol–water partition coefficient (Wildman–Crippen LogP) is 6.05. The van der Waals surface area contributed by atoms with Gasteiger partial charge in [-0.15, -0.1) is 0 Å². The SMILES string of the molecule is O=C(Nc1ccc(C(=O)Nc2cccc3c(S(=O)(=O)O)cc(O)cc23)cc1)Nc1ccc(C(=O)Nc2cccc3c(S(=O)(=O)O)cc(O)cc23)cc1. The molecule has 0 saturated carbocycles. The van der Waals surface area contributed by atoms with Gasteiger partial charge in [-0.1, -0.05) is 24.3 Å². The number of rotatable bonds is 8. The van der Waals surface area contributed by atoms with Crippen molar-refractivity contribution in [1.82, 2.24) is 0 Å². The molecule has 0 aromatic heterocycles. The fraction of sp³-hybridized carbons (Fsp3) is 0. The average Bonchev–Trinajstić information content (AvgIpc) is 3.08. The molecule has 0 bridgehead atoms. The van der Waals surface area contributed by atoms with Gasteiger partial charge in [0.25, 0.3) is 32.1 Å². The quantitative estimate of drug-likeness (QED) is 0.0834. The van der Waals surface area contributed by atoms with Crippen molar-refractivity contribution < 1.29 is 50.5 Å². The second-order valence-electron chi connectivity index (χ2n) is 11.3. The van der Waals surface area contributed by atoms with E-state index >= 15 is 0 Å². The van der Waals surface area contributed by atoms with E-state index in [1.807, 2.05) is 0 Å². The molecule has 0 aliphatic carbocycles. The van der Waals surface area contributed by atoms with Gasteiger partial charge in [0.2, 0.25) is 0 Å². The molecule has 8 N–H and O–H groups in total. The van der Waals surface area contributed by atoms with Crippen molar-refractivity contribution in [3.05, 3.63) is 120 Å². The normalized spacial score (nSPS) is 11.6. The van der Waals surface area contributed by atoms with Crippen molar-refractivity contribution in [2.45, 2.75) is 9.79 Å². The number of nitrogens with one attached hydrogen (secondary N) is 4. The van der Waals surface area contributed by atoms with Gasteiger partial charge in [-0.05, 0) is 72.8 Å². The molecule has 6 aromatic rings. The number of urea groups is 1. The Morgan fingerprint density at radius 3 is 1.17 bits per heavy atom. The van der Waals surface area contributed by atoms with Crippen molar-refractivity contribution in [1.29, 1.82) is 0 Å². The van der Waals surface area contributed by atoms with Gasteiger partial charge >= 0.3 is 6.03 Å². The third kappa shape index (κ3) is 7.62. The Balaban J connectivity index is 1.08. The van der Waals surface area contributed by atoms with Crippen molar-refractivity contribution in [3.8, 4) is 11.5 Å². The van der Waals surface area contributed by atoms with Gasteiger partial charge in [-0.2, -0.15) is 16.8 Å². The zero-order chi connectivity index (χ0) is 37.4. The number of amides is 4. The molecule has 0 unspecified atom stereocenters. The third-order valence-corrected chi connectivity index (χ3v) is 9.53. The zero-order valence-electron chi connectivity index (χ0n) is 26.4. The van der Waals surface area contributed by atoms with Gasteiger partial charge in [0.05, 0.1) is 0 Å². The lowest BCUT2D eigenvalue weighted by Gasteiger charge is -2.12. The van der Waals surface area contributed by atoms with Gasteiger partial charge in [-0.3, -0.25) is 18.7 Å². The van der Waals surface area contributed by atoms with Crippen LogP contribution in [0.15, 0.2) is 119 Å². The average molecular weight is 743 g/mol. The highest BCUT2D eigenvalue weighted by atomic mass is 32.2. The molecule has 264 valence electrons. The molecule has 4 amide bonds. The maximum Gasteiger partial charge on any atom is 0.323 e. The molecule has 6 aromatic carbocycles. The van der Waals surface area contributed by atoms with E-state index in [0.717, 1.165) is 12.1 Å². The van der Waals surface area contributed by atoms with Crippen LogP contribution in [0.1, 0.15) is 20.7 Å². The van der Waals surface area contributed by atoms with Crippen LogP contribution in [0.2, 0.25) is 0 Å². The standard InChI is InChI=1S/C35H26N4O11S2/c40-23-15-27-25(31(17-23)51(45,46)47)3-1-5-29(27)38-33(42)19-7-11-21(12-8-19)36-35(44)37-22-13-9-20(10-14-22)34(43)39-30-6-2-4-26-28(30)16-24(41)18-32(26)52(48,49)50/h1-18,40-41H,(H,38,42)(H,39,43)(H2,36,37,44)(H,45,46,47)(H,48,49,50). The first-order valence-corrected chi connectivity index (χ1v) is 17.8. The van der Waals surface area contributed by atoms with Crippen LogP contribution < -0.4 is 21.3 Å². The number of anilines is 4. The molecular weight excluding hydrogens is 717 g/mol. The summed E-state index contributed by atoms with van der Waals surface area (Å²) < 4.78 is 66.4. The van der Waals surface area contributed by atoms with E-state index < -0.39 is 59.4 Å². The molecule has 0 heterocycles. The molecule has 0 spiro atoms. The molecule has 0 fully saturated rings. The molecule has 0 saturated heterocycles. The van der Waals surface area contributed by atoms with Crippen molar-refractivity contribution in [2.75, 3.05) is 21.3 Å². The fourth-order valence-corrected chi connectivity index (χ4v) is 6.86. The molecule has 0 aliphatic heterocycles. The minimum absolute atomic E-state index is 0.0866. The second-order valence-corrected chi connectivity index (χ2v) is 14.1. The number of hydrogen-bond acceptors (Lipinski definition) is 9. The fourth-order valence-electron chi connectivity index (χ4n) is 5.41. The van der Waals surface area contributed by atoms with E-state index in [1.165, 1.54) is 97.1 Å². The van der Waals surface area contributed by atoms with E-state index in [1.54, 1.807) is 0 Å². The summed E-state index contributed by atoms with van der Waals surface area (Å²) in [4.78, 5) is 37.6. The van der Waals surface area contributed by atoms with Gasteiger partial charge in [0.1, 0.15) is 21.3 Å². The van der Waals surface area contributed by atoms with Crippen LogP contribution in [0.5, 0.6) is 11.5 Å². The lowest BCUT2D eigenvalue weighted by molar-refractivity contribution is 0.101. The van der Waals surface area contributed by atoms with Gasteiger partial charge in [0, 0.05) is 67.6 Å². The smallest absolute Gasteiger partial charge is 0.323 e. The topological polar surface area (TPSA) is 249 Å². The second kappa shape index (κ2) is 13.6. The molecule has 0 atom stereocenters. The number of phenolic OH excluding ortho intramolecular Hbond substituents is 2. The Hall–Kier alpha value is -6.53. The van der Waals surface area contributed by atoms with Crippen LogP contribution in [0.25, 0.3) is 21.5 Å². The van der Waals surface area contributed by atoms with Crippen LogP contribution in [-0.4, -0.2) is 54.0 Å². The largest absolute Gasteiger partial charge is 0.508 e. The highest BCUT2D eigenvalue weighted by molar-refractivity contribution is 7.86. The Kier molecular flexibility index (Phi) is 9.26. The van der Waals surface area contributed by atoms with E-state index in [0.29, 0.717) is 11.4 Å². The summed E-state index contributed by atoms with van der Waals surface area (Å²) in [6.07, 6.45) is 0. The number of hydrogen-bond donors (Lipinski definition) is 8. The molecule has 17 heteroatoms. The highest BCUT2D eigenvalue weighted by Crippen LogP contribution is 2.34. The first kappa shape index (κ1) is 35.3. The van der Waals surface area contributed by atoms with Crippen molar-refractivity contribution in [2.24, 2.45) is 0 Å². The molecule has 0 radical (unpaired) electrons. The van der Waals surface area contributed by atoms with Gasteiger partial charge in [0.15, 0.2) is 0 Å². The summed E-state index contributed by atoms with van der Waals surface area (Å²) in [6, 6.07) is 24.1. The summed E-state index contributed by atoms with van der Waals surface area (Å²) in [7, 11) is -9.34. The monoisotopic (exact) mass is 742 g/mol. The van der Waals surface area contributed by atoms with Crippen LogP contribution in [0.3, 0.4) is 0 Å². The molecule has 52 heavy (non-hydrogen) atoms. The summed E-state index contributed by atoms with van der Waals surface area (Å²) in [5, 5.41) is 31.1. The summed E-state index contributed by atoms with van der Waals surface area (Å²) >= 11 is 0.